The number of pyridine rings is 1. The maximum Gasteiger partial charge on any atom is 0.251 e. The van der Waals surface area contributed by atoms with Crippen LogP contribution in [0.25, 0.3) is 0 Å². The van der Waals surface area contributed by atoms with E-state index in [-0.39, 0.29) is 22.9 Å². The van der Waals surface area contributed by atoms with Crippen LogP contribution in [0.15, 0.2) is 28.0 Å². The molecule has 7 nitrogen and oxygen atoms in total. The van der Waals surface area contributed by atoms with Crippen molar-refractivity contribution in [3.8, 4) is 0 Å². The van der Waals surface area contributed by atoms with E-state index in [0.717, 1.165) is 38.5 Å². The van der Waals surface area contributed by atoms with Gasteiger partial charge in [-0.05, 0) is 31.7 Å². The van der Waals surface area contributed by atoms with Crippen molar-refractivity contribution < 1.29 is 13.2 Å². The largest absolute Gasteiger partial charge is 0.341 e. The van der Waals surface area contributed by atoms with Crippen molar-refractivity contribution in [2.45, 2.75) is 56.4 Å². The summed E-state index contributed by atoms with van der Waals surface area (Å²) in [5.41, 5.74) is -0.356. The predicted molar refractivity (Wildman–Crippen MR) is 98.4 cm³/mol. The van der Waals surface area contributed by atoms with E-state index in [0.29, 0.717) is 26.2 Å². The Labute approximate surface area is 154 Å². The van der Waals surface area contributed by atoms with Gasteiger partial charge in [-0.2, -0.15) is 4.31 Å². The van der Waals surface area contributed by atoms with Crippen LogP contribution < -0.4 is 5.56 Å². The SMILES string of the molecule is O=C(Cn1cc(S(=O)(=O)N2CCCC2)ccc1=O)N1CCCCCCC1. The molecule has 0 radical (unpaired) electrons. The summed E-state index contributed by atoms with van der Waals surface area (Å²) in [6.45, 7) is 2.32. The fraction of sp³-hybridized carbons (Fsp3) is 0.667. The average Bonchev–Trinajstić information content (AvgIpc) is 3.11. The van der Waals surface area contributed by atoms with Crippen LogP contribution in [0.2, 0.25) is 0 Å². The standard InChI is InChI=1S/C18H27N3O4S/c22-17-9-8-16(26(24,25)21-12-6-7-13-21)14-20(17)15-18(23)19-10-4-2-1-3-5-11-19/h8-9,14H,1-7,10-13,15H2. The molecular weight excluding hydrogens is 354 g/mol. The first-order chi connectivity index (χ1) is 12.5. The summed E-state index contributed by atoms with van der Waals surface area (Å²) in [5, 5.41) is 0. The molecule has 0 atom stereocenters. The molecule has 0 N–H and O–H groups in total. The lowest BCUT2D eigenvalue weighted by Crippen LogP contribution is -2.38. The van der Waals surface area contributed by atoms with E-state index in [9.17, 15) is 18.0 Å². The summed E-state index contributed by atoms with van der Waals surface area (Å²) in [7, 11) is -3.60. The topological polar surface area (TPSA) is 79.7 Å². The highest BCUT2D eigenvalue weighted by molar-refractivity contribution is 7.89. The molecule has 2 aliphatic rings. The number of likely N-dealkylation sites (tertiary alicyclic amines) is 1. The Morgan fingerprint density at radius 3 is 2.12 bits per heavy atom. The summed E-state index contributed by atoms with van der Waals surface area (Å²) in [6, 6.07) is 2.58. The zero-order valence-electron chi connectivity index (χ0n) is 15.1. The van der Waals surface area contributed by atoms with Crippen molar-refractivity contribution in [1.29, 1.82) is 0 Å². The number of nitrogens with zero attached hydrogens (tertiary/aromatic N) is 3. The lowest BCUT2D eigenvalue weighted by Gasteiger charge is -2.25. The van der Waals surface area contributed by atoms with E-state index >= 15 is 0 Å². The third-order valence-corrected chi connectivity index (χ3v) is 7.06. The second-order valence-corrected chi connectivity index (χ2v) is 9.03. The van der Waals surface area contributed by atoms with E-state index < -0.39 is 10.0 Å². The lowest BCUT2D eigenvalue weighted by atomic mass is 10.1. The molecule has 2 fully saturated rings. The van der Waals surface area contributed by atoms with Crippen LogP contribution >= 0.6 is 0 Å². The van der Waals surface area contributed by atoms with Crippen molar-refractivity contribution >= 4 is 15.9 Å². The van der Waals surface area contributed by atoms with E-state index in [1.807, 2.05) is 0 Å². The molecule has 1 aromatic heterocycles. The van der Waals surface area contributed by atoms with Gasteiger partial charge in [0, 0.05) is 38.4 Å². The third-order valence-electron chi connectivity index (χ3n) is 5.17. The molecule has 144 valence electrons. The molecule has 1 amide bonds. The van der Waals surface area contributed by atoms with E-state index in [4.69, 9.17) is 0 Å². The predicted octanol–water partition coefficient (Wildman–Crippen LogP) is 1.43. The molecule has 0 aliphatic carbocycles. The second-order valence-electron chi connectivity index (χ2n) is 7.09. The number of carbonyl (C=O) groups excluding carboxylic acids is 1. The Balaban J connectivity index is 1.77. The lowest BCUT2D eigenvalue weighted by molar-refractivity contribution is -0.132. The smallest absolute Gasteiger partial charge is 0.251 e. The van der Waals surface area contributed by atoms with Gasteiger partial charge in [0.15, 0.2) is 0 Å². The van der Waals surface area contributed by atoms with Crippen molar-refractivity contribution in [3.05, 3.63) is 28.7 Å². The van der Waals surface area contributed by atoms with Crippen molar-refractivity contribution in [2.75, 3.05) is 26.2 Å². The first-order valence-electron chi connectivity index (χ1n) is 9.47. The van der Waals surface area contributed by atoms with Gasteiger partial charge in [-0.1, -0.05) is 19.3 Å². The zero-order valence-corrected chi connectivity index (χ0v) is 15.9. The number of sulfonamides is 1. The number of rotatable bonds is 4. The van der Waals surface area contributed by atoms with Crippen molar-refractivity contribution in [2.24, 2.45) is 0 Å². The Bertz CT molecular complexity index is 789. The molecule has 26 heavy (non-hydrogen) atoms. The quantitative estimate of drug-likeness (QED) is 0.790. The van der Waals surface area contributed by atoms with Crippen molar-refractivity contribution in [3.63, 3.8) is 0 Å². The Morgan fingerprint density at radius 1 is 0.885 bits per heavy atom. The van der Waals surface area contributed by atoms with Gasteiger partial charge in [0.1, 0.15) is 6.54 Å². The maximum atomic E-state index is 12.7. The van der Waals surface area contributed by atoms with Crippen LogP contribution in [-0.2, 0) is 21.4 Å². The minimum atomic E-state index is -3.60. The van der Waals surface area contributed by atoms with Crippen LogP contribution in [0.1, 0.15) is 44.9 Å². The van der Waals surface area contributed by atoms with Crippen LogP contribution in [0, 0.1) is 0 Å². The normalized spacial score (nSPS) is 19.9. The van der Waals surface area contributed by atoms with Crippen LogP contribution in [0.5, 0.6) is 0 Å². The molecule has 0 unspecified atom stereocenters. The zero-order chi connectivity index (χ0) is 18.6. The monoisotopic (exact) mass is 381 g/mol. The number of hydrogen-bond donors (Lipinski definition) is 0. The number of hydrogen-bond acceptors (Lipinski definition) is 4. The molecule has 0 aromatic carbocycles. The second kappa shape index (κ2) is 8.35. The van der Waals surface area contributed by atoms with Gasteiger partial charge in [0.2, 0.25) is 15.9 Å². The van der Waals surface area contributed by atoms with Crippen LogP contribution in [0.3, 0.4) is 0 Å². The molecule has 3 rings (SSSR count). The summed E-state index contributed by atoms with van der Waals surface area (Å²) in [4.78, 5) is 26.6. The van der Waals surface area contributed by atoms with E-state index in [1.165, 1.54) is 33.6 Å². The van der Waals surface area contributed by atoms with Crippen LogP contribution in [-0.4, -0.2) is 54.3 Å². The molecule has 0 saturated carbocycles. The molecule has 0 bridgehead atoms. The number of carbonyl (C=O) groups is 1. The summed E-state index contributed by atoms with van der Waals surface area (Å²) < 4.78 is 28.0. The minimum absolute atomic E-state index is 0.0828. The minimum Gasteiger partial charge on any atom is -0.341 e. The molecule has 2 aliphatic heterocycles. The number of aromatic nitrogens is 1. The van der Waals surface area contributed by atoms with Crippen LogP contribution in [0.4, 0.5) is 0 Å². The molecule has 8 heteroatoms. The molecule has 3 heterocycles. The van der Waals surface area contributed by atoms with Crippen molar-refractivity contribution in [1.82, 2.24) is 13.8 Å². The van der Waals surface area contributed by atoms with Gasteiger partial charge in [0.05, 0.1) is 4.90 Å². The van der Waals surface area contributed by atoms with Gasteiger partial charge in [-0.3, -0.25) is 9.59 Å². The Kier molecular flexibility index (Phi) is 6.13. The average molecular weight is 381 g/mol. The highest BCUT2D eigenvalue weighted by Gasteiger charge is 2.28. The van der Waals surface area contributed by atoms with Gasteiger partial charge in [-0.15, -0.1) is 0 Å². The highest BCUT2D eigenvalue weighted by atomic mass is 32.2. The Morgan fingerprint density at radius 2 is 1.46 bits per heavy atom. The first kappa shape index (κ1) is 19.1. The summed E-state index contributed by atoms with van der Waals surface area (Å²) in [6.07, 6.45) is 8.42. The molecule has 1 aromatic rings. The molecular formula is C18H27N3O4S. The Hall–Kier alpha value is -1.67. The van der Waals surface area contributed by atoms with Gasteiger partial charge in [-0.25, -0.2) is 8.42 Å². The third kappa shape index (κ3) is 4.35. The van der Waals surface area contributed by atoms with Gasteiger partial charge in [0.25, 0.3) is 5.56 Å². The van der Waals surface area contributed by atoms with E-state index in [1.54, 1.807) is 4.90 Å². The highest BCUT2D eigenvalue weighted by Crippen LogP contribution is 2.20. The fourth-order valence-electron chi connectivity index (χ4n) is 3.61. The first-order valence-corrected chi connectivity index (χ1v) is 10.9. The number of amides is 1. The van der Waals surface area contributed by atoms with Gasteiger partial charge < -0.3 is 9.47 Å². The molecule has 0 spiro atoms. The summed E-state index contributed by atoms with van der Waals surface area (Å²) in [5.74, 6) is -0.121. The molecule has 2 saturated heterocycles. The fourth-order valence-corrected chi connectivity index (χ4v) is 5.14. The summed E-state index contributed by atoms with van der Waals surface area (Å²) >= 11 is 0. The maximum absolute atomic E-state index is 12.7. The van der Waals surface area contributed by atoms with Gasteiger partial charge >= 0.3 is 0 Å². The van der Waals surface area contributed by atoms with E-state index in [2.05, 4.69) is 0 Å².